The molecule has 110 valence electrons. The zero-order chi connectivity index (χ0) is 15.2. The molecule has 1 aliphatic heterocycles. The number of hydrogen-bond acceptors (Lipinski definition) is 4. The average Bonchev–Trinajstić information content (AvgIpc) is 2.98. The van der Waals surface area contributed by atoms with Crippen molar-refractivity contribution in [2.45, 2.75) is 31.2 Å². The summed E-state index contributed by atoms with van der Waals surface area (Å²) in [6, 6.07) is 8.24. The lowest BCUT2D eigenvalue weighted by molar-refractivity contribution is 0.365. The van der Waals surface area contributed by atoms with Crippen molar-refractivity contribution in [3.05, 3.63) is 30.3 Å². The molecule has 1 atom stereocenters. The molecule has 20 heavy (non-hydrogen) atoms. The van der Waals surface area contributed by atoms with Crippen molar-refractivity contribution in [1.82, 2.24) is 9.21 Å². The molecule has 0 radical (unpaired) electrons. The molecular weight excluding hydrogens is 274 g/mol. The average molecular weight is 295 g/mol. The molecule has 0 spiro atoms. The number of nitriles is 1. The molecule has 2 rings (SSSR count). The van der Waals surface area contributed by atoms with Gasteiger partial charge < -0.3 is 4.90 Å². The first-order chi connectivity index (χ1) is 9.55. The van der Waals surface area contributed by atoms with Gasteiger partial charge in [-0.3, -0.25) is 0 Å². The highest BCUT2D eigenvalue weighted by molar-refractivity contribution is 7.89. The van der Waals surface area contributed by atoms with Crippen LogP contribution in [-0.4, -0.2) is 43.8 Å². The smallest absolute Gasteiger partial charge is 0.243 e. The van der Waals surface area contributed by atoms with Crippen LogP contribution in [0.5, 0.6) is 0 Å². The first-order valence-corrected chi connectivity index (χ1v) is 8.17. The Bertz CT molecular complexity index is 552. The first-order valence-electron chi connectivity index (χ1n) is 6.73. The van der Waals surface area contributed by atoms with Gasteiger partial charge in [0.25, 0.3) is 0 Å². The van der Waals surface area contributed by atoms with E-state index in [2.05, 4.69) is 6.19 Å². The molecule has 1 aromatic carbocycles. The predicted octanol–water partition coefficient (Wildman–Crippen LogP) is 1.89. The number of nitrogens with zero attached hydrogens (tertiary/aromatic N) is 3. The van der Waals surface area contributed by atoms with Gasteiger partial charge in [-0.1, -0.05) is 32.0 Å². The molecule has 0 amide bonds. The van der Waals surface area contributed by atoms with Gasteiger partial charge in [0.2, 0.25) is 10.0 Å². The lowest BCUT2D eigenvalue weighted by Crippen LogP contribution is -2.38. The number of sulfonamides is 1. The van der Waals surface area contributed by atoms with E-state index in [0.717, 1.165) is 0 Å². The quantitative estimate of drug-likeness (QED) is 0.799. The molecular formula is C14H21N3O2S. The predicted molar refractivity (Wildman–Crippen MR) is 78.3 cm³/mol. The van der Waals surface area contributed by atoms with Crippen molar-refractivity contribution >= 4 is 10.0 Å². The van der Waals surface area contributed by atoms with Gasteiger partial charge in [-0.25, -0.2) is 8.42 Å². The minimum atomic E-state index is -3.46. The Morgan fingerprint density at radius 3 is 2.40 bits per heavy atom. The topological polar surface area (TPSA) is 64.4 Å². The van der Waals surface area contributed by atoms with E-state index in [9.17, 15) is 8.42 Å². The van der Waals surface area contributed by atoms with Crippen LogP contribution in [0.25, 0.3) is 0 Å². The summed E-state index contributed by atoms with van der Waals surface area (Å²) in [6.45, 7) is 5.09. The molecule has 1 saturated heterocycles. The zero-order valence-electron chi connectivity index (χ0n) is 12.2. The van der Waals surface area contributed by atoms with E-state index >= 15 is 0 Å². The third kappa shape index (κ3) is 3.50. The molecule has 1 heterocycles. The molecule has 0 aliphatic carbocycles. The Balaban J connectivity index is 0.000000956. The summed E-state index contributed by atoms with van der Waals surface area (Å²) in [4.78, 5) is 1.88. The molecule has 0 N–H and O–H groups in total. The fourth-order valence-corrected chi connectivity index (χ4v) is 3.48. The van der Waals surface area contributed by atoms with Gasteiger partial charge >= 0.3 is 0 Å². The number of rotatable bonds is 3. The maximum absolute atomic E-state index is 12.3. The molecule has 1 fully saturated rings. The van der Waals surface area contributed by atoms with E-state index in [0.29, 0.717) is 24.4 Å². The standard InChI is InChI=1S/C12H15N3O2S.C2H6/c1-14(11-7-8-15(9-11)10-13)18(16,17)12-5-3-2-4-6-12;1-2/h2-6,11H,7-9H2,1H3;1-2H3. The Morgan fingerprint density at radius 2 is 1.90 bits per heavy atom. The second kappa shape index (κ2) is 7.27. The van der Waals surface area contributed by atoms with E-state index in [1.54, 1.807) is 42.3 Å². The van der Waals surface area contributed by atoms with Crippen molar-refractivity contribution in [2.24, 2.45) is 0 Å². The van der Waals surface area contributed by atoms with Crippen LogP contribution >= 0.6 is 0 Å². The highest BCUT2D eigenvalue weighted by Gasteiger charge is 2.32. The van der Waals surface area contributed by atoms with Crippen LogP contribution in [0.3, 0.4) is 0 Å². The molecule has 6 heteroatoms. The van der Waals surface area contributed by atoms with Crippen molar-refractivity contribution in [1.29, 1.82) is 5.26 Å². The molecule has 1 aliphatic rings. The van der Waals surface area contributed by atoms with Crippen molar-refractivity contribution in [3.63, 3.8) is 0 Å². The van der Waals surface area contributed by atoms with Gasteiger partial charge in [0.15, 0.2) is 6.19 Å². The van der Waals surface area contributed by atoms with Crippen LogP contribution in [0.2, 0.25) is 0 Å². The van der Waals surface area contributed by atoms with Crippen molar-refractivity contribution in [2.75, 3.05) is 20.1 Å². The summed E-state index contributed by atoms with van der Waals surface area (Å²) >= 11 is 0. The van der Waals surface area contributed by atoms with Gasteiger partial charge in [-0.05, 0) is 18.6 Å². The Labute approximate surface area is 121 Å². The zero-order valence-corrected chi connectivity index (χ0v) is 13.0. The minimum absolute atomic E-state index is 0.130. The SMILES string of the molecule is CC.CN(C1CCN(C#N)C1)S(=O)(=O)c1ccccc1. The number of likely N-dealkylation sites (N-methyl/N-ethyl adjacent to an activating group) is 1. The monoisotopic (exact) mass is 295 g/mol. The molecule has 1 unspecified atom stereocenters. The van der Waals surface area contributed by atoms with Gasteiger partial charge in [-0.2, -0.15) is 9.57 Å². The van der Waals surface area contributed by atoms with Crippen molar-refractivity contribution in [3.8, 4) is 6.19 Å². The molecule has 0 aromatic heterocycles. The summed E-state index contributed by atoms with van der Waals surface area (Å²) < 4.78 is 26.1. The minimum Gasteiger partial charge on any atom is -0.309 e. The third-order valence-corrected chi connectivity index (χ3v) is 5.16. The maximum atomic E-state index is 12.3. The summed E-state index contributed by atoms with van der Waals surface area (Å²) in [5.41, 5.74) is 0. The van der Waals surface area contributed by atoms with E-state index in [-0.39, 0.29) is 6.04 Å². The van der Waals surface area contributed by atoms with Gasteiger partial charge in [0, 0.05) is 26.2 Å². The van der Waals surface area contributed by atoms with Gasteiger partial charge in [0.1, 0.15) is 0 Å². The van der Waals surface area contributed by atoms with E-state index in [1.807, 2.05) is 13.8 Å². The van der Waals surface area contributed by atoms with E-state index < -0.39 is 10.0 Å². The fourth-order valence-electron chi connectivity index (χ4n) is 2.08. The van der Waals surface area contributed by atoms with Gasteiger partial charge in [0.05, 0.1) is 4.90 Å². The van der Waals surface area contributed by atoms with Crippen LogP contribution in [-0.2, 0) is 10.0 Å². The lowest BCUT2D eigenvalue weighted by atomic mass is 10.3. The summed E-state index contributed by atoms with van der Waals surface area (Å²) in [7, 11) is -1.88. The van der Waals surface area contributed by atoms with E-state index in [4.69, 9.17) is 5.26 Å². The summed E-state index contributed by atoms with van der Waals surface area (Å²) in [5.74, 6) is 0. The van der Waals surface area contributed by atoms with E-state index in [1.165, 1.54) is 4.31 Å². The number of likely N-dealkylation sites (tertiary alicyclic amines) is 1. The van der Waals surface area contributed by atoms with Crippen LogP contribution in [0.1, 0.15) is 20.3 Å². The van der Waals surface area contributed by atoms with Crippen LogP contribution in [0.4, 0.5) is 0 Å². The number of benzene rings is 1. The third-order valence-electron chi connectivity index (χ3n) is 3.24. The van der Waals surface area contributed by atoms with Gasteiger partial charge in [-0.15, -0.1) is 0 Å². The first kappa shape index (κ1) is 16.5. The maximum Gasteiger partial charge on any atom is 0.243 e. The van der Waals surface area contributed by atoms with Crippen molar-refractivity contribution < 1.29 is 8.42 Å². The molecule has 0 bridgehead atoms. The van der Waals surface area contributed by atoms with Crippen LogP contribution < -0.4 is 0 Å². The number of hydrogen-bond donors (Lipinski definition) is 0. The summed E-state index contributed by atoms with van der Waals surface area (Å²) in [5, 5.41) is 8.79. The second-order valence-electron chi connectivity index (χ2n) is 4.32. The normalized spacial score (nSPS) is 18.4. The fraction of sp³-hybridized carbons (Fsp3) is 0.500. The highest BCUT2D eigenvalue weighted by Crippen LogP contribution is 2.21. The Morgan fingerprint density at radius 1 is 1.30 bits per heavy atom. The largest absolute Gasteiger partial charge is 0.309 e. The van der Waals surface area contributed by atoms with Crippen LogP contribution in [0.15, 0.2) is 35.2 Å². The Kier molecular flexibility index (Phi) is 5.99. The Hall–Kier alpha value is -1.58. The summed E-state index contributed by atoms with van der Waals surface area (Å²) in [6.07, 6.45) is 2.74. The van der Waals surface area contributed by atoms with Crippen LogP contribution in [0, 0.1) is 11.5 Å². The lowest BCUT2D eigenvalue weighted by Gasteiger charge is -2.23. The molecule has 5 nitrogen and oxygen atoms in total. The second-order valence-corrected chi connectivity index (χ2v) is 6.32. The molecule has 0 saturated carbocycles. The molecule has 1 aromatic rings. The highest BCUT2D eigenvalue weighted by atomic mass is 32.2.